The van der Waals surface area contributed by atoms with Gasteiger partial charge < -0.3 is 10.0 Å². The van der Waals surface area contributed by atoms with Gasteiger partial charge in [-0.25, -0.2) is 0 Å². The van der Waals surface area contributed by atoms with E-state index in [4.69, 9.17) is 0 Å². The largest absolute Gasteiger partial charge is 0.508 e. The summed E-state index contributed by atoms with van der Waals surface area (Å²) in [6.07, 6.45) is 2.04. The average Bonchev–Trinajstić information content (AvgIpc) is 2.08. The minimum Gasteiger partial charge on any atom is -0.508 e. The first-order chi connectivity index (χ1) is 6.59. The zero-order chi connectivity index (χ0) is 10.6. The van der Waals surface area contributed by atoms with Crippen LogP contribution in [-0.4, -0.2) is 30.6 Å². The van der Waals surface area contributed by atoms with E-state index in [0.29, 0.717) is 5.75 Å². The maximum Gasteiger partial charge on any atom is 0.119 e. The van der Waals surface area contributed by atoms with E-state index in [-0.39, 0.29) is 0 Å². The van der Waals surface area contributed by atoms with Gasteiger partial charge in [-0.2, -0.15) is 0 Å². The van der Waals surface area contributed by atoms with Crippen LogP contribution in [0.4, 0.5) is 0 Å². The molecule has 0 unspecified atom stereocenters. The van der Waals surface area contributed by atoms with Crippen molar-refractivity contribution in [2.45, 2.75) is 19.8 Å². The van der Waals surface area contributed by atoms with Gasteiger partial charge in [0.05, 0.1) is 0 Å². The zero-order valence-corrected chi connectivity index (χ0v) is 9.25. The molecule has 0 fully saturated rings. The summed E-state index contributed by atoms with van der Waals surface area (Å²) in [5.74, 6) is 0.434. The fourth-order valence-electron chi connectivity index (χ4n) is 1.47. The van der Waals surface area contributed by atoms with Crippen molar-refractivity contribution >= 4 is 0 Å². The van der Waals surface area contributed by atoms with Crippen molar-refractivity contribution < 1.29 is 5.11 Å². The highest BCUT2D eigenvalue weighted by atomic mass is 16.3. The summed E-state index contributed by atoms with van der Waals surface area (Å²) in [5, 5.41) is 9.64. The van der Waals surface area contributed by atoms with Gasteiger partial charge >= 0.3 is 0 Å². The van der Waals surface area contributed by atoms with E-state index < -0.39 is 0 Å². The van der Waals surface area contributed by atoms with Gasteiger partial charge in [0.1, 0.15) is 5.75 Å². The number of phenolic OH excluding ortho intramolecular Hbond substituents is 1. The molecule has 1 aromatic carbocycles. The molecule has 0 aliphatic carbocycles. The van der Waals surface area contributed by atoms with Gasteiger partial charge in [-0.1, -0.05) is 12.1 Å². The first kappa shape index (κ1) is 11.1. The fraction of sp³-hybridized carbons (Fsp3) is 0.500. The third kappa shape index (κ3) is 3.38. The standard InChI is InChI=1S/C12H19NO/c1-10-6-7-11(12(14)9-10)5-4-8-13(2)3/h6-7,9,14H,4-5,8H2,1-3H3. The molecule has 0 amide bonds. The predicted molar refractivity (Wildman–Crippen MR) is 59.7 cm³/mol. The number of hydrogen-bond donors (Lipinski definition) is 1. The Hall–Kier alpha value is -1.02. The lowest BCUT2D eigenvalue weighted by Gasteiger charge is -2.10. The Morgan fingerprint density at radius 2 is 2.00 bits per heavy atom. The number of aryl methyl sites for hydroxylation is 2. The maximum atomic E-state index is 9.64. The van der Waals surface area contributed by atoms with E-state index >= 15 is 0 Å². The third-order valence-electron chi connectivity index (χ3n) is 2.29. The molecule has 0 saturated carbocycles. The van der Waals surface area contributed by atoms with E-state index in [1.807, 2.05) is 25.1 Å². The van der Waals surface area contributed by atoms with E-state index in [2.05, 4.69) is 19.0 Å². The molecule has 14 heavy (non-hydrogen) atoms. The second-order valence-corrected chi connectivity index (χ2v) is 4.04. The van der Waals surface area contributed by atoms with Crippen molar-refractivity contribution in [1.29, 1.82) is 0 Å². The van der Waals surface area contributed by atoms with E-state index in [1.165, 1.54) is 0 Å². The van der Waals surface area contributed by atoms with Crippen molar-refractivity contribution in [2.75, 3.05) is 20.6 Å². The van der Waals surface area contributed by atoms with Crippen LogP contribution in [0.25, 0.3) is 0 Å². The van der Waals surface area contributed by atoms with Crippen LogP contribution >= 0.6 is 0 Å². The minimum atomic E-state index is 0.434. The molecule has 0 aromatic heterocycles. The average molecular weight is 193 g/mol. The molecule has 0 atom stereocenters. The summed E-state index contributed by atoms with van der Waals surface area (Å²) >= 11 is 0. The van der Waals surface area contributed by atoms with E-state index in [0.717, 1.165) is 30.5 Å². The molecule has 2 nitrogen and oxygen atoms in total. The number of aromatic hydroxyl groups is 1. The summed E-state index contributed by atoms with van der Waals surface area (Å²) in [6, 6.07) is 5.88. The second kappa shape index (κ2) is 5.01. The highest BCUT2D eigenvalue weighted by Crippen LogP contribution is 2.19. The molecular weight excluding hydrogens is 174 g/mol. The Balaban J connectivity index is 2.51. The summed E-state index contributed by atoms with van der Waals surface area (Å²) in [4.78, 5) is 2.16. The highest BCUT2D eigenvalue weighted by molar-refractivity contribution is 5.35. The lowest BCUT2D eigenvalue weighted by molar-refractivity contribution is 0.397. The monoisotopic (exact) mass is 193 g/mol. The Bertz CT molecular complexity index is 294. The van der Waals surface area contributed by atoms with Crippen molar-refractivity contribution in [3.8, 4) is 5.75 Å². The Kier molecular flexibility index (Phi) is 3.96. The van der Waals surface area contributed by atoms with Crippen LogP contribution in [0.1, 0.15) is 17.5 Å². The molecule has 0 aliphatic rings. The first-order valence-corrected chi connectivity index (χ1v) is 5.03. The lowest BCUT2D eigenvalue weighted by Crippen LogP contribution is -2.13. The Morgan fingerprint density at radius 1 is 1.29 bits per heavy atom. The summed E-state index contributed by atoms with van der Waals surface area (Å²) < 4.78 is 0. The van der Waals surface area contributed by atoms with Crippen molar-refractivity contribution in [3.05, 3.63) is 29.3 Å². The van der Waals surface area contributed by atoms with Gasteiger partial charge in [-0.15, -0.1) is 0 Å². The summed E-state index contributed by atoms with van der Waals surface area (Å²) in [6.45, 7) is 3.05. The fourth-order valence-corrected chi connectivity index (χ4v) is 1.47. The van der Waals surface area contributed by atoms with Crippen LogP contribution in [0, 0.1) is 6.92 Å². The third-order valence-corrected chi connectivity index (χ3v) is 2.29. The number of hydrogen-bond acceptors (Lipinski definition) is 2. The van der Waals surface area contributed by atoms with Gasteiger partial charge in [0.15, 0.2) is 0 Å². The molecule has 78 valence electrons. The molecule has 2 heteroatoms. The van der Waals surface area contributed by atoms with Crippen LogP contribution in [0.2, 0.25) is 0 Å². The number of phenols is 1. The molecule has 1 N–H and O–H groups in total. The van der Waals surface area contributed by atoms with Crippen LogP contribution in [0.15, 0.2) is 18.2 Å². The van der Waals surface area contributed by atoms with Crippen molar-refractivity contribution in [2.24, 2.45) is 0 Å². The molecule has 0 heterocycles. The van der Waals surface area contributed by atoms with Gasteiger partial charge in [0.2, 0.25) is 0 Å². The quantitative estimate of drug-likeness (QED) is 0.792. The number of nitrogens with zero attached hydrogens (tertiary/aromatic N) is 1. The van der Waals surface area contributed by atoms with Crippen LogP contribution in [-0.2, 0) is 6.42 Å². The molecule has 0 aliphatic heterocycles. The van der Waals surface area contributed by atoms with Gasteiger partial charge in [-0.3, -0.25) is 0 Å². The van der Waals surface area contributed by atoms with E-state index in [1.54, 1.807) is 0 Å². The molecule has 0 bridgehead atoms. The van der Waals surface area contributed by atoms with Crippen LogP contribution < -0.4 is 0 Å². The molecule has 0 saturated heterocycles. The van der Waals surface area contributed by atoms with Gasteiger partial charge in [0.25, 0.3) is 0 Å². The SMILES string of the molecule is Cc1ccc(CCCN(C)C)c(O)c1. The normalized spacial score (nSPS) is 10.9. The van der Waals surface area contributed by atoms with Gasteiger partial charge in [-0.05, 0) is 57.6 Å². The Morgan fingerprint density at radius 3 is 2.57 bits per heavy atom. The molecule has 0 spiro atoms. The van der Waals surface area contributed by atoms with Crippen molar-refractivity contribution in [3.63, 3.8) is 0 Å². The smallest absolute Gasteiger partial charge is 0.119 e. The summed E-state index contributed by atoms with van der Waals surface area (Å²) in [5.41, 5.74) is 2.16. The summed E-state index contributed by atoms with van der Waals surface area (Å²) in [7, 11) is 4.13. The van der Waals surface area contributed by atoms with E-state index in [9.17, 15) is 5.11 Å². The molecular formula is C12H19NO. The predicted octanol–water partition coefficient (Wildman–Crippen LogP) is 2.19. The number of benzene rings is 1. The topological polar surface area (TPSA) is 23.5 Å². The maximum absolute atomic E-state index is 9.64. The Labute approximate surface area is 86.2 Å². The zero-order valence-electron chi connectivity index (χ0n) is 9.25. The number of rotatable bonds is 4. The van der Waals surface area contributed by atoms with Crippen molar-refractivity contribution in [1.82, 2.24) is 4.90 Å². The van der Waals surface area contributed by atoms with Crippen LogP contribution in [0.3, 0.4) is 0 Å². The second-order valence-electron chi connectivity index (χ2n) is 4.04. The molecule has 1 aromatic rings. The molecule has 1 rings (SSSR count). The minimum absolute atomic E-state index is 0.434. The van der Waals surface area contributed by atoms with Crippen LogP contribution in [0.5, 0.6) is 5.75 Å². The lowest BCUT2D eigenvalue weighted by atomic mass is 10.1. The highest BCUT2D eigenvalue weighted by Gasteiger charge is 2.01. The first-order valence-electron chi connectivity index (χ1n) is 5.03. The molecule has 0 radical (unpaired) electrons. The van der Waals surface area contributed by atoms with Gasteiger partial charge in [0, 0.05) is 0 Å².